The highest BCUT2D eigenvalue weighted by Gasteiger charge is 2.16. The Labute approximate surface area is 161 Å². The number of nitrogen functional groups attached to an aromatic ring is 1. The maximum Gasteiger partial charge on any atom is 0.248 e. The van der Waals surface area contributed by atoms with Crippen LogP contribution in [0.2, 0.25) is 5.15 Å². The molecule has 6 nitrogen and oxygen atoms in total. The van der Waals surface area contributed by atoms with E-state index in [4.69, 9.17) is 32.6 Å². The molecule has 0 aliphatic carbocycles. The summed E-state index contributed by atoms with van der Waals surface area (Å²) in [6.07, 6.45) is 0. The lowest BCUT2D eigenvalue weighted by molar-refractivity contribution is 0.458. The zero-order valence-corrected chi connectivity index (χ0v) is 15.4. The van der Waals surface area contributed by atoms with Crippen molar-refractivity contribution in [3.05, 3.63) is 63.8 Å². The third-order valence-electron chi connectivity index (χ3n) is 3.92. The number of aryl methyl sites for hydroxylation is 2. The van der Waals surface area contributed by atoms with Crippen molar-refractivity contribution in [1.82, 2.24) is 9.97 Å². The first-order chi connectivity index (χ1) is 12.9. The highest BCUT2D eigenvalue weighted by molar-refractivity contribution is 6.32. The zero-order chi connectivity index (χ0) is 19.6. The normalized spacial score (nSPS) is 10.1. The number of nitrogens with zero attached hydrogens (tertiary/aromatic N) is 4. The Morgan fingerprint density at radius 2 is 1.56 bits per heavy atom. The second kappa shape index (κ2) is 7.33. The number of hydrogen-bond donors (Lipinski definition) is 1. The predicted octanol–water partition coefficient (Wildman–Crippen LogP) is 4.53. The van der Waals surface area contributed by atoms with Crippen LogP contribution in [0.15, 0.2) is 36.4 Å². The second-order valence-electron chi connectivity index (χ2n) is 5.90. The molecule has 132 valence electrons. The monoisotopic (exact) mass is 375 g/mol. The largest absolute Gasteiger partial charge is 0.436 e. The summed E-state index contributed by atoms with van der Waals surface area (Å²) < 4.78 is 5.94. The highest BCUT2D eigenvalue weighted by Crippen LogP contribution is 2.35. The lowest BCUT2D eigenvalue weighted by atomic mass is 10.1. The van der Waals surface area contributed by atoms with Crippen molar-refractivity contribution in [2.45, 2.75) is 13.8 Å². The number of aromatic nitrogens is 2. The van der Waals surface area contributed by atoms with Gasteiger partial charge in [-0.15, -0.1) is 0 Å². The minimum absolute atomic E-state index is 0.0725. The molecule has 0 unspecified atom stereocenters. The van der Waals surface area contributed by atoms with Crippen LogP contribution in [0.25, 0.3) is 11.4 Å². The van der Waals surface area contributed by atoms with Gasteiger partial charge in [0, 0.05) is 5.56 Å². The van der Waals surface area contributed by atoms with E-state index in [1.807, 2.05) is 13.8 Å². The van der Waals surface area contributed by atoms with E-state index in [0.29, 0.717) is 28.3 Å². The van der Waals surface area contributed by atoms with Crippen LogP contribution in [-0.2, 0) is 0 Å². The molecule has 0 amide bonds. The molecule has 3 rings (SSSR count). The maximum atomic E-state index is 9.08. The van der Waals surface area contributed by atoms with E-state index in [1.165, 1.54) is 0 Å². The van der Waals surface area contributed by atoms with Gasteiger partial charge in [-0.05, 0) is 61.4 Å². The van der Waals surface area contributed by atoms with Gasteiger partial charge in [-0.25, -0.2) is 4.98 Å². The average Bonchev–Trinajstić information content (AvgIpc) is 2.67. The Balaban J connectivity index is 2.05. The van der Waals surface area contributed by atoms with Crippen molar-refractivity contribution in [1.29, 1.82) is 10.5 Å². The molecule has 27 heavy (non-hydrogen) atoms. The quantitative estimate of drug-likeness (QED) is 0.673. The van der Waals surface area contributed by atoms with Gasteiger partial charge in [-0.2, -0.15) is 15.5 Å². The van der Waals surface area contributed by atoms with Gasteiger partial charge in [-0.3, -0.25) is 0 Å². The van der Waals surface area contributed by atoms with Gasteiger partial charge in [0.1, 0.15) is 11.4 Å². The van der Waals surface area contributed by atoms with Gasteiger partial charge in [0.2, 0.25) is 5.88 Å². The van der Waals surface area contributed by atoms with E-state index in [9.17, 15) is 0 Å². The number of nitrogens with two attached hydrogens (primary N) is 1. The molecule has 0 bridgehead atoms. The number of nitriles is 2. The van der Waals surface area contributed by atoms with E-state index in [1.54, 1.807) is 36.4 Å². The van der Waals surface area contributed by atoms with Crippen LogP contribution in [0.4, 0.5) is 5.69 Å². The molecule has 0 fully saturated rings. The topological polar surface area (TPSA) is 109 Å². The molecular formula is C20H14ClN5O. The van der Waals surface area contributed by atoms with Crippen LogP contribution in [0.3, 0.4) is 0 Å². The molecular weight excluding hydrogens is 362 g/mol. The maximum absolute atomic E-state index is 9.08. The summed E-state index contributed by atoms with van der Waals surface area (Å²) >= 11 is 6.17. The van der Waals surface area contributed by atoms with Crippen LogP contribution in [0, 0.1) is 36.5 Å². The van der Waals surface area contributed by atoms with Crippen molar-refractivity contribution in [2.24, 2.45) is 0 Å². The fourth-order valence-electron chi connectivity index (χ4n) is 2.60. The molecule has 0 aliphatic rings. The Hall–Kier alpha value is -3.61. The SMILES string of the molecule is Cc1cc(C#N)cc(C)c1Oc1nc(-c2ccc(C#N)cc2)nc(Cl)c1N. The van der Waals surface area contributed by atoms with Gasteiger partial charge in [0.05, 0.1) is 23.3 Å². The summed E-state index contributed by atoms with van der Waals surface area (Å²) in [7, 11) is 0. The van der Waals surface area contributed by atoms with E-state index in [0.717, 1.165) is 11.1 Å². The second-order valence-corrected chi connectivity index (χ2v) is 6.26. The molecule has 2 aromatic carbocycles. The molecule has 3 aromatic rings. The van der Waals surface area contributed by atoms with E-state index < -0.39 is 0 Å². The fourth-order valence-corrected chi connectivity index (χ4v) is 2.76. The lowest BCUT2D eigenvalue weighted by Crippen LogP contribution is -2.02. The van der Waals surface area contributed by atoms with E-state index >= 15 is 0 Å². The number of ether oxygens (including phenoxy) is 1. The van der Waals surface area contributed by atoms with Gasteiger partial charge in [-0.1, -0.05) is 11.6 Å². The molecule has 0 saturated heterocycles. The Morgan fingerprint density at radius 1 is 0.963 bits per heavy atom. The van der Waals surface area contributed by atoms with Crippen LogP contribution in [-0.4, -0.2) is 9.97 Å². The van der Waals surface area contributed by atoms with Gasteiger partial charge in [0.15, 0.2) is 11.0 Å². The van der Waals surface area contributed by atoms with Gasteiger partial charge in [0.25, 0.3) is 0 Å². The lowest BCUT2D eigenvalue weighted by Gasteiger charge is -2.14. The first kappa shape index (κ1) is 18.2. The van der Waals surface area contributed by atoms with Crippen LogP contribution in [0.1, 0.15) is 22.3 Å². The molecule has 0 spiro atoms. The number of rotatable bonds is 3. The summed E-state index contributed by atoms with van der Waals surface area (Å²) in [5.74, 6) is 1.02. The van der Waals surface area contributed by atoms with Crippen molar-refractivity contribution < 1.29 is 4.74 Å². The van der Waals surface area contributed by atoms with Crippen molar-refractivity contribution in [2.75, 3.05) is 5.73 Å². The van der Waals surface area contributed by atoms with Crippen molar-refractivity contribution in [3.63, 3.8) is 0 Å². The third-order valence-corrected chi connectivity index (χ3v) is 4.21. The number of benzene rings is 2. The van der Waals surface area contributed by atoms with Gasteiger partial charge >= 0.3 is 0 Å². The molecule has 0 aliphatic heterocycles. The minimum Gasteiger partial charge on any atom is -0.436 e. The highest BCUT2D eigenvalue weighted by atomic mass is 35.5. The van der Waals surface area contributed by atoms with Crippen LogP contribution < -0.4 is 10.5 Å². The summed E-state index contributed by atoms with van der Waals surface area (Å²) in [4.78, 5) is 8.58. The Kier molecular flexibility index (Phi) is 4.94. The molecule has 1 aromatic heterocycles. The van der Waals surface area contributed by atoms with Crippen LogP contribution in [0.5, 0.6) is 11.6 Å². The zero-order valence-electron chi connectivity index (χ0n) is 14.6. The van der Waals surface area contributed by atoms with Crippen molar-refractivity contribution >= 4 is 17.3 Å². The van der Waals surface area contributed by atoms with E-state index in [-0.39, 0.29) is 16.7 Å². The standard InChI is InChI=1S/C20H14ClN5O/c1-11-7-14(10-23)8-12(2)17(11)27-20-16(24)18(21)25-19(26-20)15-5-3-13(9-22)4-6-15/h3-8H,24H2,1-2H3. The Bertz CT molecular complexity index is 1090. The summed E-state index contributed by atoms with van der Waals surface area (Å²) in [5, 5.41) is 18.1. The molecule has 1 heterocycles. The smallest absolute Gasteiger partial charge is 0.248 e. The first-order valence-corrected chi connectivity index (χ1v) is 8.33. The molecule has 0 saturated carbocycles. The number of anilines is 1. The molecule has 7 heteroatoms. The predicted molar refractivity (Wildman–Crippen MR) is 102 cm³/mol. The van der Waals surface area contributed by atoms with Crippen LogP contribution >= 0.6 is 11.6 Å². The van der Waals surface area contributed by atoms with Crippen molar-refractivity contribution in [3.8, 4) is 35.2 Å². The molecule has 0 radical (unpaired) electrons. The summed E-state index contributed by atoms with van der Waals surface area (Å²) in [6.45, 7) is 3.67. The van der Waals surface area contributed by atoms with E-state index in [2.05, 4.69) is 22.1 Å². The molecule has 2 N–H and O–H groups in total. The summed E-state index contributed by atoms with van der Waals surface area (Å²) in [6, 6.07) is 14.4. The number of hydrogen-bond acceptors (Lipinski definition) is 6. The number of halogens is 1. The first-order valence-electron chi connectivity index (χ1n) is 7.95. The average molecular weight is 376 g/mol. The fraction of sp³-hybridized carbons (Fsp3) is 0.100. The minimum atomic E-state index is 0.0725. The third kappa shape index (κ3) is 3.67. The van der Waals surface area contributed by atoms with Gasteiger partial charge < -0.3 is 10.5 Å². The molecule has 0 atom stereocenters. The summed E-state index contributed by atoms with van der Waals surface area (Å²) in [5.41, 5.74) is 9.43. The Morgan fingerprint density at radius 3 is 2.11 bits per heavy atom.